The maximum Gasteiger partial charge on any atom is 0.339 e. The molecule has 0 aromatic rings. The monoisotopic (exact) mass is 411 g/mol. The van der Waals surface area contributed by atoms with Crippen LogP contribution >= 0.6 is 15.2 Å². The molecule has 0 aromatic heterocycles. The standard InChI is InChI=1S/C10H23NO12P2/c12-6(1-2-24(18,19)20)9(16)10(17)7(13)3-11(4-8(14)15)5-25(21,22)23/h6-7,9-10,12-13,16-17H,1-5H2,(H,14,15)(H2,18,19,20)(H2,21,22,23)/t6-,7-,9?,10-/m1/s1. The van der Waals surface area contributed by atoms with Crippen molar-refractivity contribution in [2.75, 3.05) is 25.5 Å². The molecular weight excluding hydrogens is 388 g/mol. The molecule has 0 rings (SSSR count). The summed E-state index contributed by atoms with van der Waals surface area (Å²) in [6, 6.07) is 0. The Bertz CT molecular complexity index is 518. The predicted octanol–water partition coefficient (Wildman–Crippen LogP) is -3.48. The van der Waals surface area contributed by atoms with Gasteiger partial charge in [0.05, 0.1) is 24.9 Å². The van der Waals surface area contributed by atoms with E-state index in [0.29, 0.717) is 4.90 Å². The minimum atomic E-state index is -4.67. The SMILES string of the molecule is O=C(O)CN(C[C@@H](O)[C@@H](O)C(O)[C@H](O)CCP(=O)(O)O)CP(=O)(O)O. The average Bonchev–Trinajstić information content (AvgIpc) is 2.39. The number of hydrogen-bond donors (Lipinski definition) is 9. The summed E-state index contributed by atoms with van der Waals surface area (Å²) in [6.45, 7) is -1.62. The van der Waals surface area contributed by atoms with Crippen LogP contribution in [0.15, 0.2) is 0 Å². The molecule has 0 aliphatic carbocycles. The highest BCUT2D eigenvalue weighted by Crippen LogP contribution is 2.36. The first-order valence-electron chi connectivity index (χ1n) is 6.88. The van der Waals surface area contributed by atoms with Crippen LogP contribution in [0, 0.1) is 0 Å². The Labute approximate surface area is 142 Å². The fourth-order valence-electron chi connectivity index (χ4n) is 1.92. The van der Waals surface area contributed by atoms with Gasteiger partial charge in [-0.1, -0.05) is 0 Å². The maximum absolute atomic E-state index is 10.9. The lowest BCUT2D eigenvalue weighted by atomic mass is 10.0. The number of nitrogens with zero attached hydrogens (tertiary/aromatic N) is 1. The Kier molecular flexibility index (Phi) is 9.87. The van der Waals surface area contributed by atoms with Crippen molar-refractivity contribution in [1.29, 1.82) is 0 Å². The van der Waals surface area contributed by atoms with Gasteiger partial charge in [0.2, 0.25) is 0 Å². The molecule has 0 radical (unpaired) electrons. The van der Waals surface area contributed by atoms with Crippen LogP contribution in [0.4, 0.5) is 0 Å². The predicted molar refractivity (Wildman–Crippen MR) is 81.7 cm³/mol. The van der Waals surface area contributed by atoms with Crippen LogP contribution in [0.25, 0.3) is 0 Å². The van der Waals surface area contributed by atoms with Crippen molar-refractivity contribution in [2.45, 2.75) is 30.8 Å². The van der Waals surface area contributed by atoms with Crippen molar-refractivity contribution in [2.24, 2.45) is 0 Å². The molecule has 0 saturated carbocycles. The molecule has 0 heterocycles. The second-order valence-corrected chi connectivity index (χ2v) is 8.89. The highest BCUT2D eigenvalue weighted by molar-refractivity contribution is 7.51. The van der Waals surface area contributed by atoms with E-state index in [1.807, 2.05) is 0 Å². The molecule has 150 valence electrons. The van der Waals surface area contributed by atoms with E-state index in [9.17, 15) is 34.4 Å². The van der Waals surface area contributed by atoms with Crippen molar-refractivity contribution in [3.05, 3.63) is 0 Å². The molecule has 1 unspecified atom stereocenters. The maximum atomic E-state index is 10.9. The Morgan fingerprint density at radius 1 is 0.880 bits per heavy atom. The second kappa shape index (κ2) is 10.0. The molecule has 9 N–H and O–H groups in total. The van der Waals surface area contributed by atoms with Crippen molar-refractivity contribution in [3.8, 4) is 0 Å². The van der Waals surface area contributed by atoms with E-state index < -0.39 is 77.5 Å². The zero-order chi connectivity index (χ0) is 20.0. The van der Waals surface area contributed by atoms with Gasteiger partial charge >= 0.3 is 21.2 Å². The van der Waals surface area contributed by atoms with Gasteiger partial charge in [-0.2, -0.15) is 0 Å². The summed E-state index contributed by atoms with van der Waals surface area (Å²) in [5, 5.41) is 47.5. The smallest absolute Gasteiger partial charge is 0.339 e. The van der Waals surface area contributed by atoms with Gasteiger partial charge in [-0.15, -0.1) is 0 Å². The molecule has 4 atom stereocenters. The van der Waals surface area contributed by atoms with E-state index in [2.05, 4.69) is 0 Å². The van der Waals surface area contributed by atoms with E-state index in [1.54, 1.807) is 0 Å². The Hall–Kier alpha value is -0.430. The van der Waals surface area contributed by atoms with E-state index in [-0.39, 0.29) is 0 Å². The average molecular weight is 411 g/mol. The highest BCUT2D eigenvalue weighted by atomic mass is 31.2. The summed E-state index contributed by atoms with van der Waals surface area (Å²) in [4.78, 5) is 46.4. The number of aliphatic hydroxyl groups is 4. The lowest BCUT2D eigenvalue weighted by molar-refractivity contribution is -0.139. The van der Waals surface area contributed by atoms with Gasteiger partial charge in [0, 0.05) is 6.54 Å². The normalized spacial score (nSPS) is 18.0. The van der Waals surface area contributed by atoms with E-state index in [1.165, 1.54) is 0 Å². The fraction of sp³-hybridized carbons (Fsp3) is 0.900. The Morgan fingerprint density at radius 3 is 1.76 bits per heavy atom. The Morgan fingerprint density at radius 2 is 1.36 bits per heavy atom. The number of hydrogen-bond acceptors (Lipinski definition) is 8. The van der Waals surface area contributed by atoms with Crippen molar-refractivity contribution in [1.82, 2.24) is 4.90 Å². The Balaban J connectivity index is 4.80. The molecule has 0 spiro atoms. The van der Waals surface area contributed by atoms with E-state index in [0.717, 1.165) is 0 Å². The van der Waals surface area contributed by atoms with Crippen molar-refractivity contribution in [3.63, 3.8) is 0 Å². The van der Waals surface area contributed by atoms with Gasteiger partial charge in [0.15, 0.2) is 0 Å². The number of carboxylic acids is 1. The molecule has 0 bridgehead atoms. The fourth-order valence-corrected chi connectivity index (χ4v) is 3.26. The zero-order valence-corrected chi connectivity index (χ0v) is 14.7. The minimum absolute atomic E-state index is 0.587. The highest BCUT2D eigenvalue weighted by Gasteiger charge is 2.33. The third-order valence-corrected chi connectivity index (χ3v) is 4.65. The van der Waals surface area contributed by atoms with E-state index in [4.69, 9.17) is 24.7 Å². The quantitative estimate of drug-likeness (QED) is 0.142. The van der Waals surface area contributed by atoms with Gasteiger partial charge in [-0.3, -0.25) is 18.8 Å². The van der Waals surface area contributed by atoms with Gasteiger partial charge in [-0.05, 0) is 6.42 Å². The largest absolute Gasteiger partial charge is 0.480 e. The van der Waals surface area contributed by atoms with Crippen molar-refractivity contribution < 1.29 is 59.0 Å². The molecule has 0 aliphatic rings. The summed E-state index contributed by atoms with van der Waals surface area (Å²) in [6.07, 6.45) is -10.2. The number of aliphatic carboxylic acids is 1. The summed E-state index contributed by atoms with van der Waals surface area (Å²) in [5.41, 5.74) is 0. The van der Waals surface area contributed by atoms with Crippen LogP contribution in [0.2, 0.25) is 0 Å². The van der Waals surface area contributed by atoms with Crippen LogP contribution in [0.1, 0.15) is 6.42 Å². The minimum Gasteiger partial charge on any atom is -0.480 e. The van der Waals surface area contributed by atoms with Crippen molar-refractivity contribution >= 4 is 21.2 Å². The molecule has 25 heavy (non-hydrogen) atoms. The topological polar surface area (TPSA) is 237 Å². The van der Waals surface area contributed by atoms with Crippen LogP contribution in [0.3, 0.4) is 0 Å². The lowest BCUT2D eigenvalue weighted by Gasteiger charge is -2.30. The molecular formula is C10H23NO12P2. The number of rotatable bonds is 12. The second-order valence-electron chi connectivity index (χ2n) is 5.50. The lowest BCUT2D eigenvalue weighted by Crippen LogP contribution is -2.49. The van der Waals surface area contributed by atoms with Gasteiger partial charge < -0.3 is 45.1 Å². The molecule has 0 aliphatic heterocycles. The molecule has 0 amide bonds. The number of carboxylic acid groups (broad SMARTS) is 1. The molecule has 0 aromatic carbocycles. The van der Waals surface area contributed by atoms with E-state index >= 15 is 0 Å². The summed E-state index contributed by atoms with van der Waals surface area (Å²) < 4.78 is 21.6. The molecule has 13 nitrogen and oxygen atoms in total. The zero-order valence-electron chi connectivity index (χ0n) is 12.9. The summed E-state index contributed by atoms with van der Waals surface area (Å²) >= 11 is 0. The third-order valence-electron chi connectivity index (χ3n) is 3.04. The van der Waals surface area contributed by atoms with Crippen LogP contribution in [-0.2, 0) is 13.9 Å². The molecule has 0 fully saturated rings. The molecule has 0 saturated heterocycles. The first kappa shape index (κ1) is 24.6. The summed E-state index contributed by atoms with van der Waals surface area (Å²) in [7, 11) is -9.12. The van der Waals surface area contributed by atoms with Crippen LogP contribution in [0.5, 0.6) is 0 Å². The third kappa shape index (κ3) is 11.7. The van der Waals surface area contributed by atoms with Gasteiger partial charge in [0.1, 0.15) is 18.5 Å². The van der Waals surface area contributed by atoms with Gasteiger partial charge in [0.25, 0.3) is 0 Å². The first-order chi connectivity index (χ1) is 11.1. The van der Waals surface area contributed by atoms with Crippen LogP contribution < -0.4 is 0 Å². The first-order valence-corrected chi connectivity index (χ1v) is 10.5. The summed E-state index contributed by atoms with van der Waals surface area (Å²) in [5.74, 6) is -1.46. The van der Waals surface area contributed by atoms with Gasteiger partial charge in [-0.25, -0.2) is 0 Å². The van der Waals surface area contributed by atoms with Crippen LogP contribution in [-0.4, -0.2) is 106 Å². The molecule has 15 heteroatoms. The number of carbonyl (C=O) groups is 1. The number of aliphatic hydroxyl groups excluding tert-OH is 4.